The quantitative estimate of drug-likeness (QED) is 0.0598. The van der Waals surface area contributed by atoms with Crippen molar-refractivity contribution in [1.29, 1.82) is 0 Å². The lowest BCUT2D eigenvalue weighted by molar-refractivity contribution is 0.782. The van der Waals surface area contributed by atoms with E-state index in [1.165, 1.54) is 89.3 Å². The smallest absolute Gasteiger partial charge is 0.0461 e. The molecule has 0 aliphatic carbocycles. The zero-order chi connectivity index (χ0) is 64.0. The van der Waals surface area contributed by atoms with Gasteiger partial charge in [-0.3, -0.25) is 0 Å². The molecule has 0 saturated carbocycles. The van der Waals surface area contributed by atoms with Crippen molar-refractivity contribution in [2.75, 3.05) is 19.6 Å². The molecule has 0 aliphatic heterocycles. The third-order valence-electron chi connectivity index (χ3n) is 18.4. The van der Waals surface area contributed by atoms with Crippen molar-refractivity contribution in [1.82, 2.24) is 0 Å². The summed E-state index contributed by atoms with van der Waals surface area (Å²) in [5, 5.41) is 0. The predicted octanol–water partition coefficient (Wildman–Crippen LogP) is 23.0. The fourth-order valence-electron chi connectivity index (χ4n) is 13.0. The van der Waals surface area contributed by atoms with Crippen LogP contribution in [0.15, 0.2) is 340 Å². The lowest BCUT2D eigenvalue weighted by Crippen LogP contribution is -2.22. The molecule has 0 saturated heterocycles. The molecule has 4 heteroatoms. The van der Waals surface area contributed by atoms with E-state index in [1.807, 2.05) is 0 Å². The van der Waals surface area contributed by atoms with Crippen LogP contribution in [0, 0.1) is 27.7 Å². The topological polar surface area (TPSA) is 13.0 Å². The van der Waals surface area contributed by atoms with Crippen LogP contribution < -0.4 is 19.6 Å². The molecule has 462 valence electrons. The SMILES string of the molecule is Cc1ccc(N(c2ccc(C)cc2)c2ccc(CC(c3ccc(C(Cc4ccc(N(c5ccc(C)cc5)c5ccc(C)cc5)cc4)c4ccc(N(Cc5ccccc5)Cc5ccccc5)cc4)cc3)c3ccc(N(Cc4ccccc4)Cc4ccccc4)cc3)cc2)cc1. The average Bonchev–Trinajstić information content (AvgIpc) is 1.08. The van der Waals surface area contributed by atoms with Crippen LogP contribution in [0.25, 0.3) is 0 Å². The Kier molecular flexibility index (Phi) is 19.5. The van der Waals surface area contributed by atoms with Gasteiger partial charge < -0.3 is 19.6 Å². The maximum atomic E-state index is 2.50. The standard InChI is InChI=1S/C90H82N4/c1-67-25-45-83(46-26-67)93(84-47-27-68(2)28-48-84)87-53-33-71(34-54-87)61-89(79-41-57-81(58-42-79)91(63-73-17-9-5-10-18-73)64-74-19-11-6-12-20-74)77-37-39-78(40-38-77)90(80-43-59-82(60-44-80)92(65-75-21-13-7-14-22-75)66-76-23-15-8-16-24-76)62-72-35-55-88(56-36-72)94(85-49-29-69(3)30-50-85)86-51-31-70(4)32-52-86/h5-60,89-90H,61-66H2,1-4H3. The van der Waals surface area contributed by atoms with Gasteiger partial charge in [-0.15, -0.1) is 0 Å². The summed E-state index contributed by atoms with van der Waals surface area (Å²) in [6, 6.07) is 126. The molecule has 0 spiro atoms. The van der Waals surface area contributed by atoms with Crippen molar-refractivity contribution in [2.24, 2.45) is 0 Å². The zero-order valence-electron chi connectivity index (χ0n) is 54.5. The highest BCUT2D eigenvalue weighted by atomic mass is 15.2. The molecular weight excluding hydrogens is 1140 g/mol. The second-order valence-electron chi connectivity index (χ2n) is 25.4. The molecule has 2 atom stereocenters. The van der Waals surface area contributed by atoms with Gasteiger partial charge in [0.15, 0.2) is 0 Å². The van der Waals surface area contributed by atoms with Crippen molar-refractivity contribution in [3.8, 4) is 0 Å². The first-order valence-electron chi connectivity index (χ1n) is 33.2. The highest BCUT2D eigenvalue weighted by Gasteiger charge is 2.23. The Morgan fingerprint density at radius 2 is 0.383 bits per heavy atom. The maximum Gasteiger partial charge on any atom is 0.0461 e. The van der Waals surface area contributed by atoms with E-state index in [-0.39, 0.29) is 11.8 Å². The first kappa shape index (κ1) is 61.9. The van der Waals surface area contributed by atoms with Gasteiger partial charge in [-0.2, -0.15) is 0 Å². The molecule has 4 nitrogen and oxygen atoms in total. The summed E-state index contributed by atoms with van der Waals surface area (Å²) >= 11 is 0. The fourth-order valence-corrected chi connectivity index (χ4v) is 13.0. The zero-order valence-corrected chi connectivity index (χ0v) is 54.5. The van der Waals surface area contributed by atoms with E-state index >= 15 is 0 Å². The predicted molar refractivity (Wildman–Crippen MR) is 397 cm³/mol. The summed E-state index contributed by atoms with van der Waals surface area (Å²) in [5.74, 6) is 0.151. The van der Waals surface area contributed by atoms with Crippen molar-refractivity contribution in [3.05, 3.63) is 418 Å². The lowest BCUT2D eigenvalue weighted by Gasteiger charge is -2.27. The van der Waals surface area contributed by atoms with Crippen LogP contribution in [-0.4, -0.2) is 0 Å². The van der Waals surface area contributed by atoms with Gasteiger partial charge in [-0.05, 0) is 193 Å². The lowest BCUT2D eigenvalue weighted by atomic mass is 9.82. The van der Waals surface area contributed by atoms with Gasteiger partial charge in [-0.25, -0.2) is 0 Å². The molecule has 0 bridgehead atoms. The number of rotatable bonds is 24. The van der Waals surface area contributed by atoms with Gasteiger partial charge in [0.2, 0.25) is 0 Å². The summed E-state index contributed by atoms with van der Waals surface area (Å²) in [4.78, 5) is 9.73. The van der Waals surface area contributed by atoms with E-state index in [0.29, 0.717) is 0 Å². The normalized spacial score (nSPS) is 11.8. The molecule has 0 aliphatic rings. The van der Waals surface area contributed by atoms with Gasteiger partial charge in [-0.1, -0.05) is 265 Å². The third-order valence-corrected chi connectivity index (χ3v) is 18.4. The van der Waals surface area contributed by atoms with Gasteiger partial charge in [0.05, 0.1) is 0 Å². The molecule has 0 amide bonds. The Labute approximate surface area is 558 Å². The molecule has 13 aromatic carbocycles. The summed E-state index contributed by atoms with van der Waals surface area (Å²) in [7, 11) is 0. The fraction of sp³-hybridized carbons (Fsp3) is 0.133. The molecule has 13 rings (SSSR count). The number of anilines is 8. The monoisotopic (exact) mass is 1220 g/mol. The second-order valence-corrected chi connectivity index (χ2v) is 25.4. The first-order valence-corrected chi connectivity index (χ1v) is 33.2. The number of nitrogens with zero attached hydrogens (tertiary/aromatic N) is 4. The Morgan fingerprint density at radius 1 is 0.191 bits per heavy atom. The van der Waals surface area contributed by atoms with Crippen LogP contribution in [0.1, 0.15) is 89.7 Å². The Balaban J connectivity index is 0.862. The largest absolute Gasteiger partial charge is 0.363 e. The van der Waals surface area contributed by atoms with E-state index < -0.39 is 0 Å². The van der Waals surface area contributed by atoms with E-state index in [9.17, 15) is 0 Å². The van der Waals surface area contributed by atoms with E-state index in [1.54, 1.807) is 0 Å². The average molecular weight is 1220 g/mol. The van der Waals surface area contributed by atoms with Gasteiger partial charge >= 0.3 is 0 Å². The van der Waals surface area contributed by atoms with Crippen LogP contribution in [0.3, 0.4) is 0 Å². The summed E-state index contributed by atoms with van der Waals surface area (Å²) < 4.78 is 0. The van der Waals surface area contributed by atoms with Crippen LogP contribution in [0.4, 0.5) is 45.5 Å². The minimum absolute atomic E-state index is 0.0754. The van der Waals surface area contributed by atoms with E-state index in [2.05, 4.69) is 387 Å². The number of aryl methyl sites for hydroxylation is 4. The van der Waals surface area contributed by atoms with Crippen molar-refractivity contribution < 1.29 is 0 Å². The maximum absolute atomic E-state index is 2.50. The van der Waals surface area contributed by atoms with Gasteiger partial charge in [0, 0.05) is 83.5 Å². The molecule has 2 unspecified atom stereocenters. The highest BCUT2D eigenvalue weighted by Crippen LogP contribution is 2.40. The summed E-state index contributed by atoms with van der Waals surface area (Å²) in [6.45, 7) is 11.8. The van der Waals surface area contributed by atoms with Crippen molar-refractivity contribution >= 4 is 45.5 Å². The van der Waals surface area contributed by atoms with Crippen LogP contribution in [-0.2, 0) is 39.0 Å². The molecule has 0 N–H and O–H groups in total. The van der Waals surface area contributed by atoms with Crippen LogP contribution in [0.5, 0.6) is 0 Å². The molecule has 13 aromatic rings. The minimum atomic E-state index is 0.0754. The van der Waals surface area contributed by atoms with Crippen molar-refractivity contribution in [3.63, 3.8) is 0 Å². The van der Waals surface area contributed by atoms with Gasteiger partial charge in [0.25, 0.3) is 0 Å². The number of hydrogen-bond acceptors (Lipinski definition) is 4. The van der Waals surface area contributed by atoms with E-state index in [0.717, 1.165) is 73.1 Å². The Morgan fingerprint density at radius 3 is 0.606 bits per heavy atom. The van der Waals surface area contributed by atoms with Crippen LogP contribution in [0.2, 0.25) is 0 Å². The molecular formula is C90H82N4. The molecule has 0 radical (unpaired) electrons. The summed E-state index contributed by atoms with van der Waals surface area (Å²) in [5.41, 5.74) is 27.0. The van der Waals surface area contributed by atoms with Gasteiger partial charge in [0.1, 0.15) is 0 Å². The molecule has 94 heavy (non-hydrogen) atoms. The molecule has 0 fully saturated rings. The third kappa shape index (κ3) is 15.5. The number of hydrogen-bond donors (Lipinski definition) is 0. The Hall–Kier alpha value is -10.9. The minimum Gasteiger partial charge on any atom is -0.363 e. The highest BCUT2D eigenvalue weighted by molar-refractivity contribution is 5.78. The Bertz CT molecular complexity index is 3980. The summed E-state index contributed by atoms with van der Waals surface area (Å²) in [6.07, 6.45) is 1.65. The second kappa shape index (κ2) is 29.6. The van der Waals surface area contributed by atoms with Crippen molar-refractivity contribution in [2.45, 2.75) is 78.6 Å². The first-order chi connectivity index (χ1) is 46.2. The molecule has 0 aromatic heterocycles. The van der Waals surface area contributed by atoms with Crippen LogP contribution >= 0.6 is 0 Å². The number of benzene rings is 13. The molecule has 0 heterocycles. The van der Waals surface area contributed by atoms with E-state index in [4.69, 9.17) is 0 Å².